The molecule has 2 amide bonds. The quantitative estimate of drug-likeness (QED) is 0.741. The Bertz CT molecular complexity index is 421. The summed E-state index contributed by atoms with van der Waals surface area (Å²) in [6.07, 6.45) is 0.571. The number of nitrogens with zero attached hydrogens (tertiary/aromatic N) is 1. The van der Waals surface area contributed by atoms with E-state index in [9.17, 15) is 18.4 Å². The molecule has 0 N–H and O–H groups in total. The van der Waals surface area contributed by atoms with Crippen LogP contribution in [0.25, 0.3) is 0 Å². The Balaban J connectivity index is 2.05. The van der Waals surface area contributed by atoms with Crippen molar-refractivity contribution in [1.82, 2.24) is 4.90 Å². The lowest BCUT2D eigenvalue weighted by atomic mass is 9.81. The van der Waals surface area contributed by atoms with Gasteiger partial charge < -0.3 is 4.74 Å². The average Bonchev–Trinajstić information content (AvgIpc) is 2.69. The maximum absolute atomic E-state index is 13.2. The van der Waals surface area contributed by atoms with Crippen LogP contribution in [0.5, 0.6) is 0 Å². The zero-order valence-electron chi connectivity index (χ0n) is 12.8. The molecule has 1 aliphatic heterocycles. The van der Waals surface area contributed by atoms with Crippen molar-refractivity contribution in [3.63, 3.8) is 0 Å². The van der Waals surface area contributed by atoms with Crippen LogP contribution in [0.15, 0.2) is 0 Å². The largest absolute Gasteiger partial charge is 0.443 e. The topological polar surface area (TPSA) is 46.6 Å². The highest BCUT2D eigenvalue weighted by atomic mass is 19.3. The molecule has 0 aromatic carbocycles. The van der Waals surface area contributed by atoms with E-state index in [2.05, 4.69) is 0 Å². The summed E-state index contributed by atoms with van der Waals surface area (Å²) < 4.78 is 31.8. The minimum absolute atomic E-state index is 0.0383. The van der Waals surface area contributed by atoms with Crippen molar-refractivity contribution in [3.8, 4) is 0 Å². The van der Waals surface area contributed by atoms with E-state index in [-0.39, 0.29) is 37.1 Å². The first-order valence-corrected chi connectivity index (χ1v) is 7.52. The number of amides is 2. The summed E-state index contributed by atoms with van der Waals surface area (Å²) in [6, 6.07) is -0.288. The zero-order valence-corrected chi connectivity index (χ0v) is 12.8. The number of hydrogen-bond donors (Lipinski definition) is 0. The van der Waals surface area contributed by atoms with Crippen LogP contribution >= 0.6 is 0 Å². The number of rotatable bonds is 1. The van der Waals surface area contributed by atoms with Crippen LogP contribution in [0.4, 0.5) is 13.6 Å². The molecule has 0 unspecified atom stereocenters. The Morgan fingerprint density at radius 2 is 1.81 bits per heavy atom. The molecule has 0 aromatic rings. The predicted octanol–water partition coefficient (Wildman–Crippen LogP) is 3.74. The average molecular weight is 303 g/mol. The number of likely N-dealkylation sites (tertiary alicyclic amines) is 1. The van der Waals surface area contributed by atoms with Crippen molar-refractivity contribution in [2.24, 2.45) is 5.92 Å². The first-order chi connectivity index (χ1) is 9.59. The predicted molar refractivity (Wildman–Crippen MR) is 73.0 cm³/mol. The van der Waals surface area contributed by atoms with Gasteiger partial charge in [-0.2, -0.15) is 0 Å². The molecule has 1 atom stereocenters. The van der Waals surface area contributed by atoms with Gasteiger partial charge in [0, 0.05) is 25.3 Å². The van der Waals surface area contributed by atoms with E-state index >= 15 is 0 Å². The highest BCUT2D eigenvalue weighted by Crippen LogP contribution is 2.41. The molecule has 0 bridgehead atoms. The zero-order chi connectivity index (χ0) is 15.8. The summed E-state index contributed by atoms with van der Waals surface area (Å²) in [5, 5.41) is 0. The first kappa shape index (κ1) is 16.2. The second-order valence-electron chi connectivity index (χ2n) is 7.04. The van der Waals surface area contributed by atoms with Crippen LogP contribution in [0, 0.1) is 5.92 Å². The van der Waals surface area contributed by atoms with Gasteiger partial charge >= 0.3 is 6.09 Å². The Labute approximate surface area is 123 Å². The molecule has 1 heterocycles. The molecule has 0 radical (unpaired) electrons. The SMILES string of the molecule is CC(C)(C)OC(=O)N1C(=O)CC[C@H]1C1CCC(F)(F)CC1. The third-order valence-electron chi connectivity index (χ3n) is 4.15. The third kappa shape index (κ3) is 3.92. The van der Waals surface area contributed by atoms with Gasteiger partial charge in [-0.15, -0.1) is 0 Å². The van der Waals surface area contributed by atoms with Gasteiger partial charge in [0.25, 0.3) is 0 Å². The first-order valence-electron chi connectivity index (χ1n) is 7.52. The van der Waals surface area contributed by atoms with Gasteiger partial charge in [-0.25, -0.2) is 18.5 Å². The van der Waals surface area contributed by atoms with Crippen LogP contribution in [0.2, 0.25) is 0 Å². The van der Waals surface area contributed by atoms with Crippen molar-refractivity contribution < 1.29 is 23.1 Å². The molecule has 2 aliphatic rings. The second-order valence-corrected chi connectivity index (χ2v) is 7.04. The lowest BCUT2D eigenvalue weighted by Crippen LogP contribution is -2.46. The van der Waals surface area contributed by atoms with Crippen molar-refractivity contribution in [2.75, 3.05) is 0 Å². The molecule has 2 fully saturated rings. The van der Waals surface area contributed by atoms with Gasteiger partial charge in [0.2, 0.25) is 11.8 Å². The number of imide groups is 1. The minimum atomic E-state index is -2.60. The van der Waals surface area contributed by atoms with E-state index in [1.165, 1.54) is 4.90 Å². The molecule has 21 heavy (non-hydrogen) atoms. The van der Waals surface area contributed by atoms with E-state index in [0.29, 0.717) is 19.3 Å². The molecule has 0 spiro atoms. The maximum Gasteiger partial charge on any atom is 0.417 e. The van der Waals surface area contributed by atoms with Crippen LogP contribution in [0.3, 0.4) is 0 Å². The maximum atomic E-state index is 13.2. The van der Waals surface area contributed by atoms with Crippen LogP contribution < -0.4 is 0 Å². The monoisotopic (exact) mass is 303 g/mol. The molecule has 4 nitrogen and oxygen atoms in total. The highest BCUT2D eigenvalue weighted by molar-refractivity contribution is 5.94. The summed E-state index contributed by atoms with van der Waals surface area (Å²) in [6.45, 7) is 5.21. The summed E-state index contributed by atoms with van der Waals surface area (Å²) in [5.41, 5.74) is -0.676. The fourth-order valence-corrected chi connectivity index (χ4v) is 3.15. The van der Waals surface area contributed by atoms with Gasteiger partial charge in [-0.1, -0.05) is 0 Å². The fraction of sp³-hybridized carbons (Fsp3) is 0.867. The summed E-state index contributed by atoms with van der Waals surface area (Å²) in [5.74, 6) is -2.90. The van der Waals surface area contributed by atoms with Crippen molar-refractivity contribution in [2.45, 2.75) is 76.9 Å². The molecule has 0 aromatic heterocycles. The van der Waals surface area contributed by atoms with Crippen LogP contribution in [-0.2, 0) is 9.53 Å². The molecule has 1 saturated carbocycles. The summed E-state index contributed by atoms with van der Waals surface area (Å²) in [4.78, 5) is 25.3. The lowest BCUT2D eigenvalue weighted by molar-refractivity contribution is -0.129. The second kappa shape index (κ2) is 5.54. The van der Waals surface area contributed by atoms with Crippen LogP contribution in [-0.4, -0.2) is 34.5 Å². The van der Waals surface area contributed by atoms with Crippen molar-refractivity contribution >= 4 is 12.0 Å². The van der Waals surface area contributed by atoms with E-state index in [1.54, 1.807) is 20.8 Å². The summed E-state index contributed by atoms with van der Waals surface area (Å²) >= 11 is 0. The van der Waals surface area contributed by atoms with Gasteiger partial charge in [-0.3, -0.25) is 4.79 Å². The molecular formula is C15H23F2NO3. The van der Waals surface area contributed by atoms with Crippen LogP contribution in [0.1, 0.15) is 59.3 Å². The smallest absolute Gasteiger partial charge is 0.417 e. The van der Waals surface area contributed by atoms with Crippen molar-refractivity contribution in [1.29, 1.82) is 0 Å². The van der Waals surface area contributed by atoms with Gasteiger partial charge in [-0.05, 0) is 46.0 Å². The third-order valence-corrected chi connectivity index (χ3v) is 4.15. The molecule has 120 valence electrons. The van der Waals surface area contributed by atoms with E-state index in [1.807, 2.05) is 0 Å². The minimum Gasteiger partial charge on any atom is -0.443 e. The Hall–Kier alpha value is -1.20. The lowest BCUT2D eigenvalue weighted by Gasteiger charge is -2.36. The van der Waals surface area contributed by atoms with E-state index < -0.39 is 17.6 Å². The normalized spacial score (nSPS) is 27.0. The number of alkyl halides is 2. The highest BCUT2D eigenvalue weighted by Gasteiger charge is 2.45. The van der Waals surface area contributed by atoms with Gasteiger partial charge in [0.1, 0.15) is 5.60 Å². The Morgan fingerprint density at radius 1 is 1.24 bits per heavy atom. The van der Waals surface area contributed by atoms with Gasteiger partial charge in [0.05, 0.1) is 0 Å². The standard InChI is InChI=1S/C15H23F2NO3/c1-14(2,3)21-13(20)18-11(4-5-12(18)19)10-6-8-15(16,17)9-7-10/h10-11H,4-9H2,1-3H3/t11-/m0/s1. The Kier molecular flexibility index (Phi) is 4.26. The Morgan fingerprint density at radius 3 is 2.33 bits per heavy atom. The molecule has 1 aliphatic carbocycles. The number of halogens is 2. The van der Waals surface area contributed by atoms with Gasteiger partial charge in [0.15, 0.2) is 0 Å². The number of carbonyl (C=O) groups is 2. The molecular weight excluding hydrogens is 280 g/mol. The van der Waals surface area contributed by atoms with Crippen molar-refractivity contribution in [3.05, 3.63) is 0 Å². The van der Waals surface area contributed by atoms with E-state index in [0.717, 1.165) is 0 Å². The number of ether oxygens (including phenoxy) is 1. The molecule has 1 saturated heterocycles. The molecule has 6 heteroatoms. The fourth-order valence-electron chi connectivity index (χ4n) is 3.15. The summed E-state index contributed by atoms with van der Waals surface area (Å²) in [7, 11) is 0. The molecule has 2 rings (SSSR count). The van der Waals surface area contributed by atoms with E-state index in [4.69, 9.17) is 4.74 Å². The number of hydrogen-bond acceptors (Lipinski definition) is 3. The number of carbonyl (C=O) groups excluding carboxylic acids is 2.